The summed E-state index contributed by atoms with van der Waals surface area (Å²) in [5.74, 6) is 1.27. The van der Waals surface area contributed by atoms with Crippen LogP contribution in [-0.4, -0.2) is 13.0 Å². The summed E-state index contributed by atoms with van der Waals surface area (Å²) in [4.78, 5) is 24.1. The maximum atomic E-state index is 11.9. The van der Waals surface area contributed by atoms with Crippen molar-refractivity contribution in [3.8, 4) is 5.75 Å². The van der Waals surface area contributed by atoms with Crippen LogP contribution in [0.4, 0.5) is 5.69 Å². The number of ether oxygens (including phenoxy) is 1. The highest BCUT2D eigenvalue weighted by molar-refractivity contribution is 7.98. The highest BCUT2D eigenvalue weighted by Crippen LogP contribution is 2.28. The highest BCUT2D eigenvalue weighted by Gasteiger charge is 2.08. The first kappa shape index (κ1) is 17.1. The van der Waals surface area contributed by atoms with Gasteiger partial charge in [0.25, 0.3) is 0 Å². The molecule has 3 aromatic rings. The molecule has 0 aliphatic carbocycles. The fourth-order valence-electron chi connectivity index (χ4n) is 2.46. The number of methoxy groups -OCH3 is 1. The number of carbonyl (C=O) groups excluding carboxylic acids is 1. The average molecular weight is 355 g/mol. The molecule has 25 heavy (non-hydrogen) atoms. The van der Waals surface area contributed by atoms with E-state index < -0.39 is 5.63 Å². The van der Waals surface area contributed by atoms with Gasteiger partial charge < -0.3 is 14.5 Å². The zero-order chi connectivity index (χ0) is 17.8. The maximum Gasteiger partial charge on any atom is 0.336 e. The molecule has 1 aromatic heterocycles. The second kappa shape index (κ2) is 7.44. The van der Waals surface area contributed by atoms with Gasteiger partial charge in [-0.3, -0.25) is 4.79 Å². The van der Waals surface area contributed by atoms with Crippen LogP contribution in [0.2, 0.25) is 0 Å². The van der Waals surface area contributed by atoms with E-state index in [1.54, 1.807) is 31.0 Å². The Kier molecular flexibility index (Phi) is 5.09. The van der Waals surface area contributed by atoms with Gasteiger partial charge in [-0.2, -0.15) is 0 Å². The van der Waals surface area contributed by atoms with Crippen LogP contribution in [-0.2, 0) is 10.5 Å². The fraction of sp³-hybridized carbons (Fsp3) is 0.158. The van der Waals surface area contributed by atoms with Crippen LogP contribution >= 0.6 is 11.8 Å². The predicted octanol–water partition coefficient (Wildman–Crippen LogP) is 4.05. The second-order valence-corrected chi connectivity index (χ2v) is 6.50. The first-order valence-electron chi connectivity index (χ1n) is 7.66. The van der Waals surface area contributed by atoms with Gasteiger partial charge in [0.1, 0.15) is 11.3 Å². The summed E-state index contributed by atoms with van der Waals surface area (Å²) in [5, 5.41) is 3.54. The van der Waals surface area contributed by atoms with Crippen molar-refractivity contribution in [2.24, 2.45) is 0 Å². The predicted molar refractivity (Wildman–Crippen MR) is 99.3 cm³/mol. The molecule has 0 atom stereocenters. The van der Waals surface area contributed by atoms with Crippen molar-refractivity contribution in [2.75, 3.05) is 12.4 Å². The van der Waals surface area contributed by atoms with Crippen LogP contribution in [0.1, 0.15) is 12.5 Å². The Morgan fingerprint density at radius 2 is 1.92 bits per heavy atom. The van der Waals surface area contributed by atoms with Gasteiger partial charge in [-0.25, -0.2) is 4.79 Å². The number of nitrogens with one attached hydrogen (secondary N) is 1. The monoisotopic (exact) mass is 355 g/mol. The summed E-state index contributed by atoms with van der Waals surface area (Å²) in [6.45, 7) is 1.43. The number of fused-ring (bicyclic) bond motifs is 1. The van der Waals surface area contributed by atoms with Gasteiger partial charge in [0.15, 0.2) is 0 Å². The largest absolute Gasteiger partial charge is 0.497 e. The Morgan fingerprint density at radius 3 is 2.60 bits per heavy atom. The minimum Gasteiger partial charge on any atom is -0.497 e. The maximum absolute atomic E-state index is 11.9. The summed E-state index contributed by atoms with van der Waals surface area (Å²) >= 11 is 1.63. The van der Waals surface area contributed by atoms with Gasteiger partial charge in [0.05, 0.1) is 7.11 Å². The number of thioether (sulfide) groups is 1. The summed E-state index contributed by atoms with van der Waals surface area (Å²) < 4.78 is 10.4. The van der Waals surface area contributed by atoms with E-state index in [-0.39, 0.29) is 5.91 Å². The Morgan fingerprint density at radius 1 is 1.16 bits per heavy atom. The number of rotatable bonds is 5. The third kappa shape index (κ3) is 4.22. The standard InChI is InChI=1S/C19H17NO4S/c1-12(21)20-14-3-8-17-13(9-19(22)24-18(17)10-14)11-25-16-6-4-15(23-2)5-7-16/h3-10H,11H2,1-2H3,(H,20,21). The molecular weight excluding hydrogens is 338 g/mol. The molecule has 1 N–H and O–H groups in total. The molecule has 0 fully saturated rings. The lowest BCUT2D eigenvalue weighted by Crippen LogP contribution is -2.06. The van der Waals surface area contributed by atoms with Crippen LogP contribution in [0.3, 0.4) is 0 Å². The minimum atomic E-state index is -0.405. The smallest absolute Gasteiger partial charge is 0.336 e. The van der Waals surface area contributed by atoms with Gasteiger partial charge in [-0.05, 0) is 42.0 Å². The van der Waals surface area contributed by atoms with E-state index in [1.165, 1.54) is 13.0 Å². The molecule has 128 valence electrons. The molecule has 5 nitrogen and oxygen atoms in total. The quantitative estimate of drug-likeness (QED) is 0.552. The van der Waals surface area contributed by atoms with Crippen LogP contribution < -0.4 is 15.7 Å². The molecule has 0 bridgehead atoms. The second-order valence-electron chi connectivity index (χ2n) is 5.45. The van der Waals surface area contributed by atoms with E-state index >= 15 is 0 Å². The number of hydrogen-bond donors (Lipinski definition) is 1. The first-order chi connectivity index (χ1) is 12.0. The van der Waals surface area contributed by atoms with Crippen molar-refractivity contribution in [1.29, 1.82) is 0 Å². The van der Waals surface area contributed by atoms with Crippen molar-refractivity contribution in [2.45, 2.75) is 17.6 Å². The molecule has 0 saturated heterocycles. The van der Waals surface area contributed by atoms with Gasteiger partial charge in [0, 0.05) is 40.8 Å². The average Bonchev–Trinajstić information content (AvgIpc) is 2.59. The lowest BCUT2D eigenvalue weighted by Gasteiger charge is -2.08. The lowest BCUT2D eigenvalue weighted by molar-refractivity contribution is -0.114. The molecule has 0 spiro atoms. The van der Waals surface area contributed by atoms with Crippen LogP contribution in [0.25, 0.3) is 11.0 Å². The van der Waals surface area contributed by atoms with Crippen molar-refractivity contribution in [3.63, 3.8) is 0 Å². The molecule has 1 amide bonds. The van der Waals surface area contributed by atoms with Gasteiger partial charge in [-0.1, -0.05) is 0 Å². The molecule has 0 saturated carbocycles. The molecule has 0 aliphatic heterocycles. The van der Waals surface area contributed by atoms with E-state index in [2.05, 4.69) is 5.32 Å². The topological polar surface area (TPSA) is 68.5 Å². The van der Waals surface area contributed by atoms with Crippen LogP contribution in [0.15, 0.2) is 62.6 Å². The number of amides is 1. The molecule has 0 radical (unpaired) electrons. The third-order valence-corrected chi connectivity index (χ3v) is 4.67. The number of anilines is 1. The summed E-state index contributed by atoms with van der Waals surface area (Å²) in [6, 6.07) is 14.6. The van der Waals surface area contributed by atoms with Gasteiger partial charge >= 0.3 is 5.63 Å². The first-order valence-corrected chi connectivity index (χ1v) is 8.65. The summed E-state index contributed by atoms with van der Waals surface area (Å²) in [5.41, 5.74) is 1.55. The molecule has 6 heteroatoms. The minimum absolute atomic E-state index is 0.173. The number of benzene rings is 2. The number of hydrogen-bond acceptors (Lipinski definition) is 5. The van der Waals surface area contributed by atoms with Crippen molar-refractivity contribution >= 4 is 34.3 Å². The Balaban J connectivity index is 1.87. The van der Waals surface area contributed by atoms with E-state index in [1.807, 2.05) is 30.3 Å². The molecule has 0 aliphatic rings. The molecule has 2 aromatic carbocycles. The SMILES string of the molecule is COc1ccc(SCc2cc(=O)oc3cc(NC(C)=O)ccc23)cc1. The third-order valence-electron chi connectivity index (χ3n) is 3.60. The summed E-state index contributed by atoms with van der Waals surface area (Å²) in [6.07, 6.45) is 0. The zero-order valence-electron chi connectivity index (χ0n) is 13.9. The molecule has 3 rings (SSSR count). The van der Waals surface area contributed by atoms with Crippen molar-refractivity contribution in [3.05, 3.63) is 64.5 Å². The zero-order valence-corrected chi connectivity index (χ0v) is 14.7. The Bertz CT molecular complexity index is 963. The van der Waals surface area contributed by atoms with E-state index in [4.69, 9.17) is 9.15 Å². The summed E-state index contributed by atoms with van der Waals surface area (Å²) in [7, 11) is 1.63. The normalized spacial score (nSPS) is 10.6. The van der Waals surface area contributed by atoms with Crippen LogP contribution in [0.5, 0.6) is 5.75 Å². The van der Waals surface area contributed by atoms with Crippen molar-refractivity contribution in [1.82, 2.24) is 0 Å². The Hall–Kier alpha value is -2.73. The lowest BCUT2D eigenvalue weighted by atomic mass is 10.1. The van der Waals surface area contributed by atoms with Gasteiger partial charge in [-0.15, -0.1) is 11.8 Å². The molecule has 0 unspecified atom stereocenters. The molecule has 1 heterocycles. The van der Waals surface area contributed by atoms with E-state index in [0.717, 1.165) is 21.6 Å². The fourth-order valence-corrected chi connectivity index (χ4v) is 3.35. The Labute approximate surface area is 149 Å². The highest BCUT2D eigenvalue weighted by atomic mass is 32.2. The number of carbonyl (C=O) groups is 1. The van der Waals surface area contributed by atoms with E-state index in [0.29, 0.717) is 17.0 Å². The van der Waals surface area contributed by atoms with Crippen molar-refractivity contribution < 1.29 is 13.9 Å². The van der Waals surface area contributed by atoms with Crippen LogP contribution in [0, 0.1) is 0 Å². The van der Waals surface area contributed by atoms with Gasteiger partial charge in [0.2, 0.25) is 5.91 Å². The molecular formula is C19H17NO4S. The van der Waals surface area contributed by atoms with E-state index in [9.17, 15) is 9.59 Å².